The summed E-state index contributed by atoms with van der Waals surface area (Å²) in [5.74, 6) is 2.53. The first-order valence-corrected chi connectivity index (χ1v) is 7.39. The summed E-state index contributed by atoms with van der Waals surface area (Å²) in [4.78, 5) is 11.2. The van der Waals surface area contributed by atoms with Crippen LogP contribution >= 0.6 is 15.9 Å². The molecule has 1 aromatic rings. The van der Waals surface area contributed by atoms with Gasteiger partial charge in [0.1, 0.15) is 16.2 Å². The first-order valence-electron chi connectivity index (χ1n) is 6.60. The molecule has 0 amide bonds. The van der Waals surface area contributed by atoms with Gasteiger partial charge in [0.05, 0.1) is 12.5 Å². The largest absolute Gasteiger partial charge is 0.355 e. The molecule has 0 aliphatic rings. The molecule has 19 heavy (non-hydrogen) atoms. The van der Waals surface area contributed by atoms with Gasteiger partial charge >= 0.3 is 0 Å². The highest BCUT2D eigenvalue weighted by Crippen LogP contribution is 2.21. The second-order valence-corrected chi connectivity index (χ2v) is 6.12. The average Bonchev–Trinajstić information content (AvgIpc) is 2.33. The van der Waals surface area contributed by atoms with Crippen molar-refractivity contribution in [2.24, 2.45) is 5.92 Å². The number of hydrogen-bond acceptors (Lipinski definition) is 4. The van der Waals surface area contributed by atoms with Crippen LogP contribution in [0.2, 0.25) is 0 Å². The molecule has 104 valence electrons. The van der Waals surface area contributed by atoms with E-state index in [1.54, 1.807) is 0 Å². The van der Waals surface area contributed by atoms with Crippen LogP contribution in [0.15, 0.2) is 10.7 Å². The maximum Gasteiger partial charge on any atom is 0.134 e. The van der Waals surface area contributed by atoms with Crippen LogP contribution in [0.4, 0.5) is 5.82 Å². The van der Waals surface area contributed by atoms with Crippen molar-refractivity contribution in [1.29, 1.82) is 5.26 Å². The number of aromatic nitrogens is 2. The smallest absolute Gasteiger partial charge is 0.134 e. The fourth-order valence-corrected chi connectivity index (χ4v) is 2.15. The Hall–Kier alpha value is -1.15. The lowest BCUT2D eigenvalue weighted by molar-refractivity contribution is 0.604. The summed E-state index contributed by atoms with van der Waals surface area (Å²) in [7, 11) is 0. The highest BCUT2D eigenvalue weighted by atomic mass is 79.9. The van der Waals surface area contributed by atoms with Crippen LogP contribution in [0, 0.1) is 17.2 Å². The molecule has 0 radical (unpaired) electrons. The lowest BCUT2D eigenvalue weighted by atomic mass is 10.2. The van der Waals surface area contributed by atoms with E-state index in [0.29, 0.717) is 18.9 Å². The summed E-state index contributed by atoms with van der Waals surface area (Å²) in [5, 5.41) is 8.77. The van der Waals surface area contributed by atoms with Gasteiger partial charge in [0.2, 0.25) is 0 Å². The Morgan fingerprint density at radius 1 is 1.32 bits per heavy atom. The predicted molar refractivity (Wildman–Crippen MR) is 81.1 cm³/mol. The number of rotatable bonds is 6. The molecule has 0 N–H and O–H groups in total. The zero-order valence-corrected chi connectivity index (χ0v) is 13.6. The molecule has 0 fully saturated rings. The number of anilines is 1. The molecule has 1 heterocycles. The summed E-state index contributed by atoms with van der Waals surface area (Å²) >= 11 is 3.44. The summed E-state index contributed by atoms with van der Waals surface area (Å²) < 4.78 is 0.798. The van der Waals surface area contributed by atoms with Crippen LogP contribution in [-0.2, 0) is 0 Å². The zero-order chi connectivity index (χ0) is 14.4. The molecule has 0 atom stereocenters. The minimum absolute atomic E-state index is 0.285. The maximum absolute atomic E-state index is 8.77. The molecule has 0 aliphatic carbocycles. The number of halogens is 1. The molecule has 0 saturated heterocycles. The van der Waals surface area contributed by atoms with Crippen LogP contribution in [0.25, 0.3) is 0 Å². The Bertz CT molecular complexity index is 451. The van der Waals surface area contributed by atoms with Crippen molar-refractivity contribution >= 4 is 21.7 Å². The second-order valence-electron chi connectivity index (χ2n) is 5.31. The molecule has 0 unspecified atom stereocenters. The number of nitriles is 1. The van der Waals surface area contributed by atoms with E-state index in [9.17, 15) is 0 Å². The van der Waals surface area contributed by atoms with Gasteiger partial charge in [0.15, 0.2) is 0 Å². The van der Waals surface area contributed by atoms with Crippen molar-refractivity contribution < 1.29 is 0 Å². The van der Waals surface area contributed by atoms with Gasteiger partial charge in [-0.05, 0) is 21.8 Å². The van der Waals surface area contributed by atoms with E-state index in [2.05, 4.69) is 64.6 Å². The quantitative estimate of drug-likeness (QED) is 0.748. The average molecular weight is 325 g/mol. The molecular weight excluding hydrogens is 304 g/mol. The lowest BCUT2D eigenvalue weighted by Crippen LogP contribution is -2.29. The van der Waals surface area contributed by atoms with Crippen molar-refractivity contribution in [2.75, 3.05) is 18.0 Å². The summed E-state index contributed by atoms with van der Waals surface area (Å²) in [6.45, 7) is 10.1. The van der Waals surface area contributed by atoms with E-state index in [-0.39, 0.29) is 5.92 Å². The minimum Gasteiger partial charge on any atom is -0.355 e. The van der Waals surface area contributed by atoms with Gasteiger partial charge < -0.3 is 4.90 Å². The molecule has 0 aliphatic heterocycles. The third-order valence-electron chi connectivity index (χ3n) is 2.62. The number of hydrogen-bond donors (Lipinski definition) is 0. The van der Waals surface area contributed by atoms with Crippen LogP contribution in [0.1, 0.15) is 45.9 Å². The molecular formula is C14H21BrN4. The van der Waals surface area contributed by atoms with Gasteiger partial charge in [-0.2, -0.15) is 5.26 Å². The first kappa shape index (κ1) is 15.9. The Balaban J connectivity index is 3.03. The molecule has 1 rings (SSSR count). The van der Waals surface area contributed by atoms with E-state index < -0.39 is 0 Å². The summed E-state index contributed by atoms with van der Waals surface area (Å²) in [5.41, 5.74) is 0. The van der Waals surface area contributed by atoms with Gasteiger partial charge in [-0.15, -0.1) is 0 Å². The lowest BCUT2D eigenvalue weighted by Gasteiger charge is -2.25. The molecule has 0 spiro atoms. The molecule has 5 heteroatoms. The standard InChI is InChI=1S/C14H21BrN4/c1-10(2)9-19(7-5-6-16)13-8-12(15)17-14(18-13)11(3)4/h8,10-11H,5,7,9H2,1-4H3. The van der Waals surface area contributed by atoms with Crippen LogP contribution in [0.3, 0.4) is 0 Å². The first-order chi connectivity index (χ1) is 8.93. The Morgan fingerprint density at radius 3 is 2.53 bits per heavy atom. The van der Waals surface area contributed by atoms with E-state index in [1.165, 1.54) is 0 Å². The Kier molecular flexibility index (Phi) is 6.23. The van der Waals surface area contributed by atoms with Crippen LogP contribution in [-0.4, -0.2) is 23.1 Å². The van der Waals surface area contributed by atoms with Gasteiger partial charge in [0.25, 0.3) is 0 Å². The van der Waals surface area contributed by atoms with Gasteiger partial charge in [-0.1, -0.05) is 27.7 Å². The van der Waals surface area contributed by atoms with Gasteiger partial charge in [-0.25, -0.2) is 9.97 Å². The number of nitrogens with zero attached hydrogens (tertiary/aromatic N) is 4. The summed E-state index contributed by atoms with van der Waals surface area (Å²) in [6, 6.07) is 4.12. The molecule has 0 bridgehead atoms. The van der Waals surface area contributed by atoms with E-state index in [0.717, 1.165) is 22.8 Å². The van der Waals surface area contributed by atoms with E-state index in [4.69, 9.17) is 5.26 Å². The normalized spacial score (nSPS) is 10.8. The zero-order valence-electron chi connectivity index (χ0n) is 12.0. The van der Waals surface area contributed by atoms with Crippen LogP contribution < -0.4 is 4.90 Å². The molecule has 4 nitrogen and oxygen atoms in total. The van der Waals surface area contributed by atoms with Crippen molar-refractivity contribution in [3.8, 4) is 6.07 Å². The maximum atomic E-state index is 8.77. The monoisotopic (exact) mass is 324 g/mol. The third kappa shape index (κ3) is 5.15. The fraction of sp³-hybridized carbons (Fsp3) is 0.643. The predicted octanol–water partition coefficient (Wildman–Crippen LogP) is 3.74. The van der Waals surface area contributed by atoms with Gasteiger partial charge in [-0.3, -0.25) is 0 Å². The van der Waals surface area contributed by atoms with Crippen molar-refractivity contribution in [1.82, 2.24) is 9.97 Å². The SMILES string of the molecule is CC(C)CN(CCC#N)c1cc(Br)nc(C(C)C)n1. The Labute approximate surface area is 124 Å². The van der Waals surface area contributed by atoms with E-state index >= 15 is 0 Å². The Morgan fingerprint density at radius 2 is 2.00 bits per heavy atom. The topological polar surface area (TPSA) is 52.8 Å². The van der Waals surface area contributed by atoms with Crippen molar-refractivity contribution in [2.45, 2.75) is 40.0 Å². The molecule has 1 aromatic heterocycles. The molecule has 0 aromatic carbocycles. The fourth-order valence-electron chi connectivity index (χ4n) is 1.77. The van der Waals surface area contributed by atoms with E-state index in [1.807, 2.05) is 6.07 Å². The second kappa shape index (κ2) is 7.44. The minimum atomic E-state index is 0.285. The summed E-state index contributed by atoms with van der Waals surface area (Å²) in [6.07, 6.45) is 0.505. The highest BCUT2D eigenvalue weighted by molar-refractivity contribution is 9.10. The van der Waals surface area contributed by atoms with Crippen LogP contribution in [0.5, 0.6) is 0 Å². The van der Waals surface area contributed by atoms with Crippen molar-refractivity contribution in [3.05, 3.63) is 16.5 Å². The third-order valence-corrected chi connectivity index (χ3v) is 3.02. The highest BCUT2D eigenvalue weighted by Gasteiger charge is 2.13. The van der Waals surface area contributed by atoms with Gasteiger partial charge in [0, 0.05) is 25.1 Å². The molecule has 0 saturated carbocycles. The van der Waals surface area contributed by atoms with Crippen molar-refractivity contribution in [3.63, 3.8) is 0 Å².